The lowest BCUT2D eigenvalue weighted by molar-refractivity contribution is 0.124. The van der Waals surface area contributed by atoms with Crippen molar-refractivity contribution in [2.75, 3.05) is 0 Å². The van der Waals surface area contributed by atoms with Crippen LogP contribution in [0.15, 0.2) is 6.20 Å². The average molecular weight is 195 g/mol. The van der Waals surface area contributed by atoms with Crippen molar-refractivity contribution in [3.05, 3.63) is 11.9 Å². The van der Waals surface area contributed by atoms with Gasteiger partial charge >= 0.3 is 0 Å². The van der Waals surface area contributed by atoms with Crippen LogP contribution >= 0.6 is 0 Å². The summed E-state index contributed by atoms with van der Waals surface area (Å²) in [6.07, 6.45) is 3.70. The lowest BCUT2D eigenvalue weighted by Gasteiger charge is -2.13. The first-order valence-corrected chi connectivity index (χ1v) is 5.02. The molecule has 1 aliphatic carbocycles. The zero-order valence-corrected chi connectivity index (χ0v) is 8.99. The van der Waals surface area contributed by atoms with Crippen molar-refractivity contribution in [3.8, 4) is 0 Å². The minimum absolute atomic E-state index is 0.0322. The highest BCUT2D eigenvalue weighted by molar-refractivity contribution is 5.07. The van der Waals surface area contributed by atoms with Crippen LogP contribution in [-0.2, 0) is 12.0 Å². The van der Waals surface area contributed by atoms with Gasteiger partial charge in [0.15, 0.2) is 0 Å². The molecule has 14 heavy (non-hydrogen) atoms. The van der Waals surface area contributed by atoms with Crippen molar-refractivity contribution in [3.63, 3.8) is 0 Å². The molecule has 0 atom stereocenters. The molecule has 1 fully saturated rings. The largest absolute Gasteiger partial charge is 0.388 e. The molecule has 2 rings (SSSR count). The van der Waals surface area contributed by atoms with Crippen molar-refractivity contribution in [2.45, 2.75) is 51.2 Å². The molecule has 0 radical (unpaired) electrons. The number of rotatable bonds is 2. The van der Waals surface area contributed by atoms with Gasteiger partial charge in [-0.25, -0.2) is 4.68 Å². The summed E-state index contributed by atoms with van der Waals surface area (Å²) in [4.78, 5) is 0. The molecule has 0 aromatic carbocycles. The molecule has 1 saturated carbocycles. The zero-order valence-electron chi connectivity index (χ0n) is 8.99. The molecule has 0 saturated heterocycles. The summed E-state index contributed by atoms with van der Waals surface area (Å²) in [5.41, 5.74) is 0.509. The number of aromatic nitrogens is 3. The summed E-state index contributed by atoms with van der Waals surface area (Å²) >= 11 is 0. The molecule has 0 amide bonds. The van der Waals surface area contributed by atoms with Gasteiger partial charge < -0.3 is 5.11 Å². The molecule has 0 bridgehead atoms. The Kier molecular flexibility index (Phi) is 1.93. The van der Waals surface area contributed by atoms with Crippen molar-refractivity contribution >= 4 is 0 Å². The molecule has 0 spiro atoms. The topological polar surface area (TPSA) is 50.9 Å². The normalized spacial score (nSPS) is 19.7. The third-order valence-electron chi connectivity index (χ3n) is 2.59. The first-order chi connectivity index (χ1) is 6.39. The molecular weight excluding hydrogens is 178 g/mol. The minimum Gasteiger partial charge on any atom is -0.388 e. The van der Waals surface area contributed by atoms with Gasteiger partial charge in [-0.05, 0) is 12.8 Å². The van der Waals surface area contributed by atoms with Gasteiger partial charge in [0.1, 0.15) is 0 Å². The fraction of sp³-hybridized carbons (Fsp3) is 0.800. The molecular formula is C10H17N3O. The molecule has 4 heteroatoms. The standard InChI is InChI=1S/C10H17N3O/c1-9(2,3)8-6-13(12-11-8)7-10(14)4-5-10/h6,14H,4-5,7H2,1-3H3. The first-order valence-electron chi connectivity index (χ1n) is 5.02. The second-order valence-electron chi connectivity index (χ2n) is 5.28. The van der Waals surface area contributed by atoms with Crippen molar-refractivity contribution in [1.82, 2.24) is 15.0 Å². The molecule has 1 N–H and O–H groups in total. The summed E-state index contributed by atoms with van der Waals surface area (Å²) < 4.78 is 1.74. The van der Waals surface area contributed by atoms with E-state index < -0.39 is 5.60 Å². The van der Waals surface area contributed by atoms with Crippen LogP contribution in [0.3, 0.4) is 0 Å². The Morgan fingerprint density at radius 2 is 2.14 bits per heavy atom. The van der Waals surface area contributed by atoms with Crippen molar-refractivity contribution < 1.29 is 5.11 Å². The van der Waals surface area contributed by atoms with E-state index >= 15 is 0 Å². The van der Waals surface area contributed by atoms with Gasteiger partial charge in [-0.15, -0.1) is 5.10 Å². The Hall–Kier alpha value is -0.900. The quantitative estimate of drug-likeness (QED) is 0.768. The van der Waals surface area contributed by atoms with Crippen LogP contribution in [0.1, 0.15) is 39.3 Å². The second-order valence-corrected chi connectivity index (χ2v) is 5.28. The Bertz CT molecular complexity index is 333. The van der Waals surface area contributed by atoms with Crippen LogP contribution in [-0.4, -0.2) is 25.7 Å². The third kappa shape index (κ3) is 1.95. The Morgan fingerprint density at radius 1 is 1.50 bits per heavy atom. The first kappa shape index (κ1) is 9.65. The van der Waals surface area contributed by atoms with E-state index in [-0.39, 0.29) is 5.41 Å². The van der Waals surface area contributed by atoms with Gasteiger partial charge in [0, 0.05) is 11.6 Å². The van der Waals surface area contributed by atoms with Crippen LogP contribution in [0.4, 0.5) is 0 Å². The predicted molar refractivity (Wildman–Crippen MR) is 52.9 cm³/mol. The lowest BCUT2D eigenvalue weighted by Crippen LogP contribution is -2.17. The maximum absolute atomic E-state index is 9.71. The highest BCUT2D eigenvalue weighted by atomic mass is 16.3. The van der Waals surface area contributed by atoms with E-state index in [1.54, 1.807) is 4.68 Å². The summed E-state index contributed by atoms with van der Waals surface area (Å²) in [6.45, 7) is 6.89. The average Bonchev–Trinajstić information content (AvgIpc) is 2.61. The van der Waals surface area contributed by atoms with Crippen molar-refractivity contribution in [1.29, 1.82) is 0 Å². The number of nitrogens with zero attached hydrogens (tertiary/aromatic N) is 3. The maximum Gasteiger partial charge on any atom is 0.0880 e. The minimum atomic E-state index is -0.497. The summed E-state index contributed by atoms with van der Waals surface area (Å²) in [6, 6.07) is 0. The van der Waals surface area contributed by atoms with Gasteiger partial charge in [0.2, 0.25) is 0 Å². The molecule has 1 aromatic heterocycles. The van der Waals surface area contributed by atoms with E-state index in [2.05, 4.69) is 31.1 Å². The van der Waals surface area contributed by atoms with Crippen LogP contribution in [0.25, 0.3) is 0 Å². The fourth-order valence-corrected chi connectivity index (χ4v) is 1.32. The van der Waals surface area contributed by atoms with Gasteiger partial charge in [-0.2, -0.15) is 0 Å². The Morgan fingerprint density at radius 3 is 2.57 bits per heavy atom. The Labute approximate surface area is 83.9 Å². The highest BCUT2D eigenvalue weighted by Crippen LogP contribution is 2.36. The predicted octanol–water partition coefficient (Wildman–Crippen LogP) is 1.10. The number of aliphatic hydroxyl groups is 1. The smallest absolute Gasteiger partial charge is 0.0880 e. The van der Waals surface area contributed by atoms with Crippen LogP contribution in [0.2, 0.25) is 0 Å². The number of hydrogen-bond donors (Lipinski definition) is 1. The number of hydrogen-bond acceptors (Lipinski definition) is 3. The molecule has 0 unspecified atom stereocenters. The highest BCUT2D eigenvalue weighted by Gasteiger charge is 2.41. The van der Waals surface area contributed by atoms with E-state index in [4.69, 9.17) is 0 Å². The monoisotopic (exact) mass is 195 g/mol. The van der Waals surface area contributed by atoms with E-state index in [1.807, 2.05) is 6.20 Å². The third-order valence-corrected chi connectivity index (χ3v) is 2.59. The molecule has 4 nitrogen and oxygen atoms in total. The molecule has 1 aromatic rings. The fourth-order valence-electron chi connectivity index (χ4n) is 1.32. The summed E-state index contributed by atoms with van der Waals surface area (Å²) in [7, 11) is 0. The second kappa shape index (κ2) is 2.79. The van der Waals surface area contributed by atoms with E-state index in [0.717, 1.165) is 18.5 Å². The van der Waals surface area contributed by atoms with Gasteiger partial charge in [0.25, 0.3) is 0 Å². The van der Waals surface area contributed by atoms with Crippen molar-refractivity contribution in [2.24, 2.45) is 0 Å². The van der Waals surface area contributed by atoms with Gasteiger partial charge in [-0.3, -0.25) is 0 Å². The van der Waals surface area contributed by atoms with Crippen LogP contribution in [0, 0.1) is 0 Å². The van der Waals surface area contributed by atoms with Crippen LogP contribution in [0.5, 0.6) is 0 Å². The lowest BCUT2D eigenvalue weighted by atomic mass is 9.93. The Balaban J connectivity index is 2.10. The summed E-state index contributed by atoms with van der Waals surface area (Å²) in [5.74, 6) is 0. The van der Waals surface area contributed by atoms with Crippen LogP contribution < -0.4 is 0 Å². The molecule has 0 aliphatic heterocycles. The molecule has 78 valence electrons. The SMILES string of the molecule is CC(C)(C)c1cn(CC2(O)CC2)nn1. The maximum atomic E-state index is 9.71. The van der Waals surface area contributed by atoms with E-state index in [9.17, 15) is 5.11 Å². The van der Waals surface area contributed by atoms with E-state index in [1.165, 1.54) is 0 Å². The zero-order chi connectivity index (χ0) is 10.4. The van der Waals surface area contributed by atoms with E-state index in [0.29, 0.717) is 6.54 Å². The van der Waals surface area contributed by atoms with Gasteiger partial charge in [0.05, 0.1) is 17.8 Å². The summed E-state index contributed by atoms with van der Waals surface area (Å²) in [5, 5.41) is 17.8. The molecule has 1 heterocycles. The molecule has 1 aliphatic rings. The van der Waals surface area contributed by atoms with Gasteiger partial charge in [-0.1, -0.05) is 26.0 Å².